The third kappa shape index (κ3) is 3.97. The number of benzene rings is 1. The van der Waals surface area contributed by atoms with E-state index in [4.69, 9.17) is 5.73 Å². The quantitative estimate of drug-likeness (QED) is 0.727. The molecule has 0 aliphatic heterocycles. The molecule has 2 heterocycles. The highest BCUT2D eigenvalue weighted by Gasteiger charge is 2.30. The Hall–Kier alpha value is -3.43. The molecule has 0 unspecified atom stereocenters. The average molecular weight is 362 g/mol. The first kappa shape index (κ1) is 17.4. The van der Waals surface area contributed by atoms with Crippen LogP contribution in [0.1, 0.15) is 5.56 Å². The van der Waals surface area contributed by atoms with Crippen LogP contribution in [-0.2, 0) is 17.5 Å². The number of rotatable bonds is 5. The van der Waals surface area contributed by atoms with E-state index in [1.54, 1.807) is 24.5 Å². The normalized spacial score (nSPS) is 11.3. The Bertz CT molecular complexity index is 923. The molecule has 0 saturated heterocycles. The van der Waals surface area contributed by atoms with Gasteiger partial charge in [-0.3, -0.25) is 9.78 Å². The van der Waals surface area contributed by atoms with Crippen LogP contribution in [-0.4, -0.2) is 25.7 Å². The van der Waals surface area contributed by atoms with Gasteiger partial charge in [-0.1, -0.05) is 6.07 Å². The van der Waals surface area contributed by atoms with E-state index in [0.29, 0.717) is 11.4 Å². The number of amides is 1. The first-order chi connectivity index (χ1) is 12.3. The molecule has 0 atom stereocenters. The van der Waals surface area contributed by atoms with E-state index in [9.17, 15) is 18.0 Å². The molecule has 0 radical (unpaired) electrons. The highest BCUT2D eigenvalue weighted by atomic mass is 19.4. The van der Waals surface area contributed by atoms with Crippen LogP contribution in [0.15, 0.2) is 48.8 Å². The highest BCUT2D eigenvalue weighted by Crippen LogP contribution is 2.31. The van der Waals surface area contributed by atoms with E-state index in [0.717, 1.165) is 12.1 Å². The lowest BCUT2D eigenvalue weighted by molar-refractivity contribution is -0.137. The molecule has 0 aliphatic rings. The number of hydrogen-bond acceptors (Lipinski definition) is 5. The summed E-state index contributed by atoms with van der Waals surface area (Å²) < 4.78 is 39.7. The van der Waals surface area contributed by atoms with Gasteiger partial charge >= 0.3 is 6.18 Å². The van der Waals surface area contributed by atoms with Crippen molar-refractivity contribution in [2.75, 3.05) is 5.32 Å². The molecule has 3 N–H and O–H groups in total. The molecule has 134 valence electrons. The Kier molecular flexibility index (Phi) is 4.57. The highest BCUT2D eigenvalue weighted by molar-refractivity contribution is 5.74. The van der Waals surface area contributed by atoms with Crippen LogP contribution in [0.3, 0.4) is 0 Å². The summed E-state index contributed by atoms with van der Waals surface area (Å²) in [6, 6.07) is 7.96. The van der Waals surface area contributed by atoms with E-state index >= 15 is 0 Å². The van der Waals surface area contributed by atoms with Crippen molar-refractivity contribution in [3.05, 3.63) is 54.4 Å². The number of hydrogen-bond donors (Lipinski definition) is 2. The van der Waals surface area contributed by atoms with E-state index in [1.165, 1.54) is 16.8 Å². The molecule has 0 aliphatic carbocycles. The Morgan fingerprint density at radius 2 is 1.92 bits per heavy atom. The lowest BCUT2D eigenvalue weighted by Gasteiger charge is -2.08. The second-order valence-corrected chi connectivity index (χ2v) is 5.32. The van der Waals surface area contributed by atoms with Crippen LogP contribution in [0, 0.1) is 0 Å². The summed E-state index contributed by atoms with van der Waals surface area (Å²) in [6.45, 7) is -0.227. The summed E-state index contributed by atoms with van der Waals surface area (Å²) >= 11 is 0. The summed E-state index contributed by atoms with van der Waals surface area (Å²) in [6.07, 6.45) is -1.38. The molecular formula is C16H13F3N6O. The van der Waals surface area contributed by atoms with Gasteiger partial charge in [0, 0.05) is 23.6 Å². The lowest BCUT2D eigenvalue weighted by Crippen LogP contribution is -2.20. The first-order valence-corrected chi connectivity index (χ1v) is 7.41. The Morgan fingerprint density at radius 1 is 1.19 bits per heavy atom. The first-order valence-electron chi connectivity index (χ1n) is 7.41. The maximum Gasteiger partial charge on any atom is 0.416 e. The molecule has 0 spiro atoms. The van der Waals surface area contributed by atoms with Crippen LogP contribution in [0.25, 0.3) is 11.4 Å². The molecule has 3 aromatic rings. The third-order valence-electron chi connectivity index (χ3n) is 3.36. The number of nitrogens with one attached hydrogen (secondary N) is 1. The topological polar surface area (TPSA) is 98.7 Å². The van der Waals surface area contributed by atoms with Crippen molar-refractivity contribution in [1.29, 1.82) is 0 Å². The number of primary amides is 1. The fourth-order valence-corrected chi connectivity index (χ4v) is 2.27. The summed E-state index contributed by atoms with van der Waals surface area (Å²) in [7, 11) is 0. The Morgan fingerprint density at radius 3 is 2.58 bits per heavy atom. The van der Waals surface area contributed by atoms with Gasteiger partial charge < -0.3 is 11.1 Å². The molecular weight excluding hydrogens is 349 g/mol. The van der Waals surface area contributed by atoms with Crippen molar-refractivity contribution in [3.8, 4) is 11.4 Å². The molecule has 2 aromatic heterocycles. The minimum absolute atomic E-state index is 0.0392. The predicted molar refractivity (Wildman–Crippen MR) is 87.2 cm³/mol. The molecule has 7 nitrogen and oxygen atoms in total. The zero-order valence-corrected chi connectivity index (χ0v) is 13.2. The van der Waals surface area contributed by atoms with Gasteiger partial charge in [-0.2, -0.15) is 18.2 Å². The number of carbonyl (C=O) groups excluding carboxylic acids is 1. The van der Waals surface area contributed by atoms with Crippen LogP contribution in [0.4, 0.5) is 24.8 Å². The van der Waals surface area contributed by atoms with E-state index < -0.39 is 17.6 Å². The zero-order valence-electron chi connectivity index (χ0n) is 13.2. The number of pyridine rings is 1. The van der Waals surface area contributed by atoms with Gasteiger partial charge in [0.15, 0.2) is 5.82 Å². The number of nitrogens with zero attached hydrogens (tertiary/aromatic N) is 4. The monoisotopic (exact) mass is 362 g/mol. The van der Waals surface area contributed by atoms with Gasteiger partial charge in [0.2, 0.25) is 11.9 Å². The minimum atomic E-state index is -4.46. The fourth-order valence-electron chi connectivity index (χ4n) is 2.27. The van der Waals surface area contributed by atoms with E-state index in [-0.39, 0.29) is 18.2 Å². The Balaban J connectivity index is 1.94. The number of halogens is 3. The van der Waals surface area contributed by atoms with E-state index in [1.807, 2.05) is 0 Å². The maximum atomic E-state index is 12.8. The number of aromatic nitrogens is 4. The van der Waals surface area contributed by atoms with Gasteiger partial charge in [-0.15, -0.1) is 5.10 Å². The van der Waals surface area contributed by atoms with Crippen molar-refractivity contribution in [2.24, 2.45) is 5.73 Å². The smallest absolute Gasteiger partial charge is 0.368 e. The Labute approximate surface area is 145 Å². The number of alkyl halides is 3. The summed E-state index contributed by atoms with van der Waals surface area (Å²) in [5, 5.41) is 6.82. The van der Waals surface area contributed by atoms with Gasteiger partial charge in [0.1, 0.15) is 6.54 Å². The van der Waals surface area contributed by atoms with Crippen molar-refractivity contribution in [3.63, 3.8) is 0 Å². The van der Waals surface area contributed by atoms with Crippen LogP contribution in [0.2, 0.25) is 0 Å². The number of anilines is 2. The van der Waals surface area contributed by atoms with Gasteiger partial charge in [0.05, 0.1) is 5.56 Å². The molecule has 10 heteroatoms. The number of nitrogens with two attached hydrogens (primary N) is 1. The molecule has 26 heavy (non-hydrogen) atoms. The molecule has 1 amide bonds. The zero-order chi connectivity index (χ0) is 18.7. The molecule has 0 fully saturated rings. The summed E-state index contributed by atoms with van der Waals surface area (Å²) in [5.74, 6) is -0.256. The van der Waals surface area contributed by atoms with Crippen LogP contribution >= 0.6 is 0 Å². The average Bonchev–Trinajstić information content (AvgIpc) is 2.96. The van der Waals surface area contributed by atoms with Crippen molar-refractivity contribution in [2.45, 2.75) is 12.7 Å². The summed E-state index contributed by atoms with van der Waals surface area (Å²) in [4.78, 5) is 19.4. The van der Waals surface area contributed by atoms with Gasteiger partial charge in [-0.05, 0) is 30.3 Å². The largest absolute Gasteiger partial charge is 0.416 e. The third-order valence-corrected chi connectivity index (χ3v) is 3.36. The lowest BCUT2D eigenvalue weighted by atomic mass is 10.2. The molecule has 3 rings (SSSR count). The van der Waals surface area contributed by atoms with Crippen LogP contribution in [0.5, 0.6) is 0 Å². The van der Waals surface area contributed by atoms with Gasteiger partial charge in [0.25, 0.3) is 0 Å². The number of carbonyl (C=O) groups is 1. The van der Waals surface area contributed by atoms with Crippen molar-refractivity contribution >= 4 is 17.5 Å². The second-order valence-electron chi connectivity index (χ2n) is 5.32. The van der Waals surface area contributed by atoms with Crippen molar-refractivity contribution in [1.82, 2.24) is 19.7 Å². The minimum Gasteiger partial charge on any atom is -0.368 e. The van der Waals surface area contributed by atoms with E-state index in [2.05, 4.69) is 20.4 Å². The summed E-state index contributed by atoms with van der Waals surface area (Å²) in [5.41, 5.74) is 5.21. The van der Waals surface area contributed by atoms with Gasteiger partial charge in [-0.25, -0.2) is 4.68 Å². The molecule has 1 aromatic carbocycles. The standard InChI is InChI=1S/C16H13F3N6O/c17-16(18,19)11-2-1-3-12(8-11)22-15-23-14(10-4-6-21-7-5-10)25(24-15)9-13(20)26/h1-8H,9H2,(H2,20,26)(H,22,24). The second kappa shape index (κ2) is 6.82. The van der Waals surface area contributed by atoms with Crippen LogP contribution < -0.4 is 11.1 Å². The van der Waals surface area contributed by atoms with Crippen molar-refractivity contribution < 1.29 is 18.0 Å². The molecule has 0 saturated carbocycles. The fraction of sp³-hybridized carbons (Fsp3) is 0.125. The predicted octanol–water partition coefficient (Wildman–Crippen LogP) is 2.59. The molecule has 0 bridgehead atoms. The maximum absolute atomic E-state index is 12.8. The SMILES string of the molecule is NC(=O)Cn1nc(Nc2cccc(C(F)(F)F)c2)nc1-c1ccncc1.